The van der Waals surface area contributed by atoms with Gasteiger partial charge in [-0.15, -0.1) is 0 Å². The van der Waals surface area contributed by atoms with E-state index >= 15 is 0 Å². The van der Waals surface area contributed by atoms with Crippen molar-refractivity contribution in [2.45, 2.75) is 13.8 Å². The summed E-state index contributed by atoms with van der Waals surface area (Å²) in [6.45, 7) is 3.83. The lowest BCUT2D eigenvalue weighted by Crippen LogP contribution is -2.32. The fourth-order valence-electron chi connectivity index (χ4n) is 2.50. The van der Waals surface area contributed by atoms with E-state index < -0.39 is 11.8 Å². The first kappa shape index (κ1) is 17.8. The van der Waals surface area contributed by atoms with E-state index in [0.717, 1.165) is 16.0 Å². The molecule has 1 heterocycles. The van der Waals surface area contributed by atoms with Gasteiger partial charge in [0.15, 0.2) is 0 Å². The van der Waals surface area contributed by atoms with Crippen molar-refractivity contribution < 1.29 is 9.59 Å². The highest BCUT2D eigenvalue weighted by Gasteiger charge is 2.39. The normalized spacial score (nSPS) is 14.5. The number of halogens is 3. The molecule has 0 aliphatic carbocycles. The van der Waals surface area contributed by atoms with Crippen LogP contribution in [0.5, 0.6) is 0 Å². The van der Waals surface area contributed by atoms with E-state index in [1.54, 1.807) is 6.07 Å². The predicted octanol–water partition coefficient (Wildman–Crippen LogP) is 5.05. The molecule has 2 aromatic rings. The SMILES string of the molecule is Cc1ccc(C)c(NC2=C(Cl)C(=O)N(c3ccc(Cl)cc3Cl)C2=O)c1. The van der Waals surface area contributed by atoms with Crippen LogP contribution in [0.25, 0.3) is 0 Å². The summed E-state index contributed by atoms with van der Waals surface area (Å²) >= 11 is 18.1. The highest BCUT2D eigenvalue weighted by Crippen LogP contribution is 2.35. The first-order chi connectivity index (χ1) is 11.8. The fraction of sp³-hybridized carbons (Fsp3) is 0.111. The standard InChI is InChI=1S/C18H13Cl3N2O2/c1-9-3-4-10(2)13(7-9)22-16-15(21)17(24)23(18(16)25)14-6-5-11(19)8-12(14)20/h3-8,22H,1-2H3. The third kappa shape index (κ3) is 3.25. The molecule has 0 saturated carbocycles. The third-order valence-corrected chi connectivity index (χ3v) is 4.72. The van der Waals surface area contributed by atoms with Gasteiger partial charge in [0.2, 0.25) is 0 Å². The molecule has 0 aromatic heterocycles. The minimum atomic E-state index is -0.635. The number of amides is 2. The summed E-state index contributed by atoms with van der Waals surface area (Å²) in [5.41, 5.74) is 2.90. The smallest absolute Gasteiger partial charge is 0.283 e. The van der Waals surface area contributed by atoms with E-state index in [-0.39, 0.29) is 21.4 Å². The molecular weight excluding hydrogens is 383 g/mol. The van der Waals surface area contributed by atoms with Gasteiger partial charge >= 0.3 is 0 Å². The Morgan fingerprint density at radius 1 is 0.920 bits per heavy atom. The van der Waals surface area contributed by atoms with Crippen LogP contribution in [0.15, 0.2) is 47.1 Å². The Hall–Kier alpha value is -2.01. The summed E-state index contributed by atoms with van der Waals surface area (Å²) in [6.07, 6.45) is 0. The molecule has 0 spiro atoms. The maximum Gasteiger partial charge on any atom is 0.283 e. The van der Waals surface area contributed by atoms with E-state index in [0.29, 0.717) is 10.7 Å². The summed E-state index contributed by atoms with van der Waals surface area (Å²) < 4.78 is 0. The van der Waals surface area contributed by atoms with E-state index in [9.17, 15) is 9.59 Å². The summed E-state index contributed by atoms with van der Waals surface area (Å²) in [5, 5.41) is 3.38. The van der Waals surface area contributed by atoms with E-state index in [1.165, 1.54) is 12.1 Å². The third-order valence-electron chi connectivity index (χ3n) is 3.83. The monoisotopic (exact) mass is 394 g/mol. The molecule has 1 aliphatic rings. The second-order valence-electron chi connectivity index (χ2n) is 5.67. The number of anilines is 2. The molecule has 1 aliphatic heterocycles. The molecule has 3 rings (SSSR count). The minimum Gasteiger partial charge on any atom is -0.349 e. The topological polar surface area (TPSA) is 49.4 Å². The van der Waals surface area contributed by atoms with Crippen LogP contribution in [0.4, 0.5) is 11.4 Å². The largest absolute Gasteiger partial charge is 0.349 e. The van der Waals surface area contributed by atoms with E-state index in [1.807, 2.05) is 32.0 Å². The Labute approximate surface area is 160 Å². The minimum absolute atomic E-state index is 0.0198. The molecule has 1 N–H and O–H groups in total. The van der Waals surface area contributed by atoms with E-state index in [4.69, 9.17) is 34.8 Å². The summed E-state index contributed by atoms with van der Waals surface area (Å²) in [5.74, 6) is -1.20. The van der Waals surface area contributed by atoms with Crippen molar-refractivity contribution in [3.05, 3.63) is 68.3 Å². The number of hydrogen-bond donors (Lipinski definition) is 1. The molecule has 0 fully saturated rings. The molecule has 0 bridgehead atoms. The lowest BCUT2D eigenvalue weighted by atomic mass is 10.1. The van der Waals surface area contributed by atoms with E-state index in [2.05, 4.69) is 5.32 Å². The number of rotatable bonds is 3. The first-order valence-corrected chi connectivity index (χ1v) is 8.51. The van der Waals surface area contributed by atoms with Crippen LogP contribution in [-0.2, 0) is 9.59 Å². The number of aryl methyl sites for hydroxylation is 2. The first-order valence-electron chi connectivity index (χ1n) is 7.37. The summed E-state index contributed by atoms with van der Waals surface area (Å²) in [7, 11) is 0. The lowest BCUT2D eigenvalue weighted by molar-refractivity contribution is -0.120. The van der Waals surface area contributed by atoms with Gasteiger partial charge in [0.05, 0.1) is 10.7 Å². The highest BCUT2D eigenvalue weighted by molar-refractivity contribution is 6.53. The van der Waals surface area contributed by atoms with Gasteiger partial charge in [-0.3, -0.25) is 9.59 Å². The van der Waals surface area contributed by atoms with Gasteiger partial charge < -0.3 is 5.32 Å². The molecule has 2 aromatic carbocycles. The Morgan fingerprint density at radius 3 is 2.32 bits per heavy atom. The van der Waals surface area contributed by atoms with Crippen LogP contribution in [0.2, 0.25) is 10.0 Å². The van der Waals surface area contributed by atoms with Crippen molar-refractivity contribution in [3.8, 4) is 0 Å². The van der Waals surface area contributed by atoms with Gasteiger partial charge in [-0.05, 0) is 49.2 Å². The predicted molar refractivity (Wildman–Crippen MR) is 101 cm³/mol. The molecule has 7 heteroatoms. The number of carbonyl (C=O) groups is 2. The number of hydrogen-bond acceptors (Lipinski definition) is 3. The maximum absolute atomic E-state index is 12.8. The van der Waals surface area contributed by atoms with Crippen LogP contribution in [-0.4, -0.2) is 11.8 Å². The molecular formula is C18H13Cl3N2O2. The number of nitrogens with zero attached hydrogens (tertiary/aromatic N) is 1. The second-order valence-corrected chi connectivity index (χ2v) is 6.90. The zero-order chi connectivity index (χ0) is 18.3. The molecule has 25 heavy (non-hydrogen) atoms. The van der Waals surface area contributed by atoms with Gasteiger partial charge in [-0.2, -0.15) is 0 Å². The molecule has 128 valence electrons. The highest BCUT2D eigenvalue weighted by atomic mass is 35.5. The molecule has 0 unspecified atom stereocenters. The van der Waals surface area contributed by atoms with Crippen LogP contribution in [0.3, 0.4) is 0 Å². The van der Waals surface area contributed by atoms with Crippen molar-refractivity contribution >= 4 is 58.0 Å². The van der Waals surface area contributed by atoms with Crippen LogP contribution in [0, 0.1) is 13.8 Å². The lowest BCUT2D eigenvalue weighted by Gasteiger charge is -2.17. The summed E-state index contributed by atoms with van der Waals surface area (Å²) in [6, 6.07) is 10.3. The Balaban J connectivity index is 1.98. The molecule has 2 amide bonds. The van der Waals surface area contributed by atoms with Crippen molar-refractivity contribution in [2.75, 3.05) is 10.2 Å². The van der Waals surface area contributed by atoms with Crippen LogP contribution in [0.1, 0.15) is 11.1 Å². The molecule has 0 radical (unpaired) electrons. The number of imide groups is 1. The van der Waals surface area contributed by atoms with Gasteiger partial charge in [0.1, 0.15) is 10.7 Å². The Morgan fingerprint density at radius 2 is 1.64 bits per heavy atom. The average molecular weight is 396 g/mol. The number of carbonyl (C=O) groups excluding carboxylic acids is 2. The molecule has 4 nitrogen and oxygen atoms in total. The van der Waals surface area contributed by atoms with Crippen LogP contribution < -0.4 is 10.2 Å². The maximum atomic E-state index is 12.8. The van der Waals surface area contributed by atoms with Gasteiger partial charge in [0.25, 0.3) is 11.8 Å². The Kier molecular flexibility index (Phi) is 4.78. The fourth-order valence-corrected chi connectivity index (χ4v) is 3.20. The quantitative estimate of drug-likeness (QED) is 0.740. The van der Waals surface area contributed by atoms with Gasteiger partial charge in [0, 0.05) is 10.7 Å². The van der Waals surface area contributed by atoms with Crippen molar-refractivity contribution in [3.63, 3.8) is 0 Å². The Bertz CT molecular complexity index is 938. The number of nitrogens with one attached hydrogen (secondary N) is 1. The van der Waals surface area contributed by atoms with Crippen LogP contribution >= 0.6 is 34.8 Å². The van der Waals surface area contributed by atoms with Crippen molar-refractivity contribution in [1.82, 2.24) is 0 Å². The van der Waals surface area contributed by atoms with Crippen molar-refractivity contribution in [2.24, 2.45) is 0 Å². The zero-order valence-corrected chi connectivity index (χ0v) is 15.6. The second kappa shape index (κ2) is 6.71. The zero-order valence-electron chi connectivity index (χ0n) is 13.4. The number of benzene rings is 2. The van der Waals surface area contributed by atoms with Gasteiger partial charge in [-0.25, -0.2) is 4.90 Å². The molecule has 0 atom stereocenters. The van der Waals surface area contributed by atoms with Gasteiger partial charge in [-0.1, -0.05) is 46.9 Å². The average Bonchev–Trinajstić information content (AvgIpc) is 2.75. The molecule has 0 saturated heterocycles. The van der Waals surface area contributed by atoms with Crippen molar-refractivity contribution in [1.29, 1.82) is 0 Å². The summed E-state index contributed by atoms with van der Waals surface area (Å²) in [4.78, 5) is 26.2.